The first kappa shape index (κ1) is 12.4. The summed E-state index contributed by atoms with van der Waals surface area (Å²) in [5.41, 5.74) is 0. The highest BCUT2D eigenvalue weighted by Crippen LogP contribution is 2.29. The summed E-state index contributed by atoms with van der Waals surface area (Å²) in [6, 6.07) is 0.189. The molecule has 0 aromatic heterocycles. The Balaban J connectivity index is 2.27. The zero-order valence-corrected chi connectivity index (χ0v) is 9.34. The Morgan fingerprint density at radius 3 is 2.60 bits per heavy atom. The lowest BCUT2D eigenvalue weighted by Gasteiger charge is -2.27. The summed E-state index contributed by atoms with van der Waals surface area (Å²) in [6.45, 7) is 0.786. The number of carbonyl (C=O) groups excluding carboxylic acids is 1. The fourth-order valence-electron chi connectivity index (χ4n) is 2.31. The van der Waals surface area contributed by atoms with Crippen molar-refractivity contribution in [3.8, 4) is 0 Å². The van der Waals surface area contributed by atoms with Crippen LogP contribution in [-0.2, 0) is 4.79 Å². The molecule has 1 fully saturated rings. The van der Waals surface area contributed by atoms with Crippen LogP contribution in [0, 0.1) is 5.92 Å². The summed E-state index contributed by atoms with van der Waals surface area (Å²) < 4.78 is 12.9. The van der Waals surface area contributed by atoms with Gasteiger partial charge in [0.05, 0.1) is 0 Å². The van der Waals surface area contributed by atoms with Crippen molar-refractivity contribution in [3.05, 3.63) is 0 Å². The Bertz CT molecular complexity index is 181. The van der Waals surface area contributed by atoms with Crippen LogP contribution in [0.4, 0.5) is 4.39 Å². The topological polar surface area (TPSA) is 41.1 Å². The molecule has 0 saturated heterocycles. The van der Waals surface area contributed by atoms with Gasteiger partial charge in [0.2, 0.25) is 6.41 Å². The van der Waals surface area contributed by atoms with Gasteiger partial charge >= 0.3 is 0 Å². The minimum Gasteiger partial charge on any atom is -0.355 e. The van der Waals surface area contributed by atoms with Crippen LogP contribution in [-0.4, -0.2) is 32.2 Å². The minimum atomic E-state index is -0.594. The molecule has 0 spiro atoms. The predicted octanol–water partition coefficient (Wildman–Crippen LogP) is 1.24. The van der Waals surface area contributed by atoms with Crippen LogP contribution in [0.2, 0.25) is 0 Å². The summed E-state index contributed by atoms with van der Waals surface area (Å²) in [5, 5.41) is 5.86. The number of alkyl halides is 1. The maximum Gasteiger partial charge on any atom is 0.207 e. The fourth-order valence-corrected chi connectivity index (χ4v) is 2.31. The van der Waals surface area contributed by atoms with E-state index in [0.717, 1.165) is 32.2 Å². The number of halogens is 1. The number of hydrogen-bond donors (Lipinski definition) is 2. The molecule has 1 amide bonds. The summed E-state index contributed by atoms with van der Waals surface area (Å²) >= 11 is 0. The lowest BCUT2D eigenvalue weighted by atomic mass is 9.84. The van der Waals surface area contributed by atoms with E-state index in [0.29, 0.717) is 18.8 Å². The maximum atomic E-state index is 12.9. The van der Waals surface area contributed by atoms with Gasteiger partial charge in [-0.05, 0) is 45.1 Å². The first-order chi connectivity index (χ1) is 7.26. The van der Waals surface area contributed by atoms with Crippen molar-refractivity contribution in [3.63, 3.8) is 0 Å². The van der Waals surface area contributed by atoms with E-state index in [-0.39, 0.29) is 6.04 Å². The maximum absolute atomic E-state index is 12.9. The number of carbonyl (C=O) groups is 1. The van der Waals surface area contributed by atoms with E-state index < -0.39 is 6.17 Å². The molecule has 4 heteroatoms. The van der Waals surface area contributed by atoms with E-state index in [1.165, 1.54) is 0 Å². The smallest absolute Gasteiger partial charge is 0.207 e. The van der Waals surface area contributed by atoms with Gasteiger partial charge < -0.3 is 10.6 Å². The van der Waals surface area contributed by atoms with E-state index in [9.17, 15) is 9.18 Å². The highest BCUT2D eigenvalue weighted by atomic mass is 19.1. The van der Waals surface area contributed by atoms with Crippen LogP contribution in [0.3, 0.4) is 0 Å². The lowest BCUT2D eigenvalue weighted by molar-refractivity contribution is -0.110. The number of likely N-dealkylation sites (N-methyl/N-ethyl adjacent to an activating group) is 1. The zero-order valence-electron chi connectivity index (χ0n) is 9.34. The van der Waals surface area contributed by atoms with Gasteiger partial charge in [-0.15, -0.1) is 0 Å². The third-order valence-electron chi connectivity index (χ3n) is 3.15. The number of rotatable bonds is 6. The molecule has 0 unspecified atom stereocenters. The number of hydrogen-bond acceptors (Lipinski definition) is 2. The van der Waals surface area contributed by atoms with E-state index in [1.54, 1.807) is 0 Å². The van der Waals surface area contributed by atoms with Gasteiger partial charge in [-0.2, -0.15) is 0 Å². The Hall–Kier alpha value is -0.640. The highest BCUT2D eigenvalue weighted by Gasteiger charge is 2.22. The Labute approximate surface area is 90.8 Å². The Kier molecular flexibility index (Phi) is 5.61. The average Bonchev–Trinajstić information content (AvgIpc) is 2.22. The lowest BCUT2D eigenvalue weighted by Crippen LogP contribution is -2.38. The van der Waals surface area contributed by atoms with Crippen molar-refractivity contribution >= 4 is 6.41 Å². The van der Waals surface area contributed by atoms with Gasteiger partial charge in [0.15, 0.2) is 0 Å². The van der Waals surface area contributed by atoms with Crippen molar-refractivity contribution in [2.45, 2.75) is 44.3 Å². The predicted molar refractivity (Wildman–Crippen MR) is 58.4 cm³/mol. The Morgan fingerprint density at radius 2 is 2.07 bits per heavy atom. The van der Waals surface area contributed by atoms with Gasteiger partial charge in [-0.1, -0.05) is 0 Å². The molecule has 0 aliphatic heterocycles. The monoisotopic (exact) mass is 216 g/mol. The molecule has 15 heavy (non-hydrogen) atoms. The zero-order chi connectivity index (χ0) is 11.1. The molecule has 2 N–H and O–H groups in total. The average molecular weight is 216 g/mol. The third-order valence-corrected chi connectivity index (χ3v) is 3.15. The van der Waals surface area contributed by atoms with Gasteiger partial charge in [0, 0.05) is 12.6 Å². The standard InChI is InChI=1S/C11H21FN2O/c1-13-7-11(14-8-15)6-9-2-4-10(12)5-3-9/h8-11,13H,2-7H2,1H3,(H,14,15)/t9?,10?,11-/m0/s1. The van der Waals surface area contributed by atoms with E-state index >= 15 is 0 Å². The van der Waals surface area contributed by atoms with Gasteiger partial charge in [0.1, 0.15) is 6.17 Å². The fraction of sp³-hybridized carbons (Fsp3) is 0.909. The number of nitrogens with one attached hydrogen (secondary N) is 2. The Morgan fingerprint density at radius 1 is 1.40 bits per heavy atom. The molecule has 1 rings (SSSR count). The van der Waals surface area contributed by atoms with E-state index in [1.807, 2.05) is 7.05 Å². The first-order valence-electron chi connectivity index (χ1n) is 5.74. The first-order valence-corrected chi connectivity index (χ1v) is 5.74. The molecular weight excluding hydrogens is 195 g/mol. The second kappa shape index (κ2) is 6.77. The second-order valence-corrected chi connectivity index (χ2v) is 4.39. The molecule has 1 saturated carbocycles. The van der Waals surface area contributed by atoms with Crippen molar-refractivity contribution in [2.24, 2.45) is 5.92 Å². The second-order valence-electron chi connectivity index (χ2n) is 4.39. The van der Waals surface area contributed by atoms with Crippen LogP contribution < -0.4 is 10.6 Å². The van der Waals surface area contributed by atoms with Crippen molar-refractivity contribution in [1.29, 1.82) is 0 Å². The largest absolute Gasteiger partial charge is 0.355 e. The van der Waals surface area contributed by atoms with Gasteiger partial charge in [-0.25, -0.2) is 4.39 Å². The molecule has 1 aliphatic rings. The minimum absolute atomic E-state index is 0.189. The summed E-state index contributed by atoms with van der Waals surface area (Å²) in [7, 11) is 1.87. The van der Waals surface area contributed by atoms with Gasteiger partial charge in [0.25, 0.3) is 0 Å². The molecule has 1 atom stereocenters. The molecule has 0 radical (unpaired) electrons. The van der Waals surface area contributed by atoms with Crippen molar-refractivity contribution in [2.75, 3.05) is 13.6 Å². The molecule has 88 valence electrons. The normalized spacial score (nSPS) is 28.4. The van der Waals surface area contributed by atoms with Gasteiger partial charge in [-0.3, -0.25) is 4.79 Å². The molecule has 0 aromatic carbocycles. The van der Waals surface area contributed by atoms with E-state index in [4.69, 9.17) is 0 Å². The van der Waals surface area contributed by atoms with Crippen molar-refractivity contribution in [1.82, 2.24) is 10.6 Å². The molecule has 0 bridgehead atoms. The summed E-state index contributed by atoms with van der Waals surface area (Å²) in [6.07, 6.45) is 4.43. The van der Waals surface area contributed by atoms with Crippen LogP contribution in [0.1, 0.15) is 32.1 Å². The SMILES string of the molecule is CNC[C@H](CC1CCC(F)CC1)NC=O. The summed E-state index contributed by atoms with van der Waals surface area (Å²) in [4.78, 5) is 10.4. The van der Waals surface area contributed by atoms with Crippen molar-refractivity contribution < 1.29 is 9.18 Å². The molecular formula is C11H21FN2O. The van der Waals surface area contributed by atoms with Crippen LogP contribution in [0.15, 0.2) is 0 Å². The molecule has 1 aliphatic carbocycles. The highest BCUT2D eigenvalue weighted by molar-refractivity contribution is 5.46. The molecule has 0 heterocycles. The van der Waals surface area contributed by atoms with E-state index in [2.05, 4.69) is 10.6 Å². The number of amides is 1. The summed E-state index contributed by atoms with van der Waals surface area (Å²) in [5.74, 6) is 0.572. The molecule has 0 aromatic rings. The van der Waals surface area contributed by atoms with Crippen LogP contribution >= 0.6 is 0 Å². The van der Waals surface area contributed by atoms with Crippen LogP contribution in [0.5, 0.6) is 0 Å². The quantitative estimate of drug-likeness (QED) is 0.656. The van der Waals surface area contributed by atoms with Crippen LogP contribution in [0.25, 0.3) is 0 Å². The molecule has 3 nitrogen and oxygen atoms in total. The third kappa shape index (κ3) is 4.60.